The Kier molecular flexibility index (Phi) is 4.93. The molecule has 7 nitrogen and oxygen atoms in total. The van der Waals surface area contributed by atoms with Gasteiger partial charge in [-0.05, 0) is 43.5 Å². The molecular formula is C24H24ClN5O2. The van der Waals surface area contributed by atoms with Crippen molar-refractivity contribution in [3.8, 4) is 0 Å². The van der Waals surface area contributed by atoms with Gasteiger partial charge >= 0.3 is 5.69 Å². The second-order valence-electron chi connectivity index (χ2n) is 8.39. The van der Waals surface area contributed by atoms with Crippen molar-refractivity contribution in [1.29, 1.82) is 0 Å². The van der Waals surface area contributed by atoms with E-state index in [4.69, 9.17) is 16.6 Å². The molecule has 0 saturated heterocycles. The molecule has 1 aliphatic heterocycles. The van der Waals surface area contributed by atoms with E-state index in [1.54, 1.807) is 7.05 Å². The fraction of sp³-hybridized carbons (Fsp3) is 0.292. The van der Waals surface area contributed by atoms with Crippen LogP contribution >= 0.6 is 11.6 Å². The normalized spacial score (nSPS) is 13.6. The quantitative estimate of drug-likeness (QED) is 0.477. The van der Waals surface area contributed by atoms with Gasteiger partial charge in [-0.2, -0.15) is 4.98 Å². The lowest BCUT2D eigenvalue weighted by Crippen LogP contribution is -2.40. The van der Waals surface area contributed by atoms with Gasteiger partial charge in [0.2, 0.25) is 5.95 Å². The molecule has 4 aromatic rings. The van der Waals surface area contributed by atoms with Crippen LogP contribution in [0.25, 0.3) is 11.2 Å². The van der Waals surface area contributed by atoms with E-state index in [2.05, 4.69) is 4.90 Å². The average molecular weight is 450 g/mol. The summed E-state index contributed by atoms with van der Waals surface area (Å²) >= 11 is 6.27. The first-order valence-electron chi connectivity index (χ1n) is 10.6. The number of rotatable bonds is 3. The molecule has 32 heavy (non-hydrogen) atoms. The molecule has 0 fully saturated rings. The highest BCUT2D eigenvalue weighted by Crippen LogP contribution is 2.34. The van der Waals surface area contributed by atoms with Crippen molar-refractivity contribution >= 4 is 34.4 Å². The van der Waals surface area contributed by atoms with Gasteiger partial charge in [-0.25, -0.2) is 4.79 Å². The van der Waals surface area contributed by atoms with E-state index in [1.807, 2.05) is 60.9 Å². The number of benzene rings is 2. The van der Waals surface area contributed by atoms with Crippen LogP contribution in [0, 0.1) is 13.8 Å². The Morgan fingerprint density at radius 2 is 1.78 bits per heavy atom. The van der Waals surface area contributed by atoms with Crippen molar-refractivity contribution in [3.05, 3.63) is 85.0 Å². The highest BCUT2D eigenvalue weighted by Gasteiger charge is 2.27. The van der Waals surface area contributed by atoms with Gasteiger partial charge in [0, 0.05) is 30.8 Å². The van der Waals surface area contributed by atoms with Crippen LogP contribution in [0.1, 0.15) is 23.1 Å². The smallest absolute Gasteiger partial charge is 0.312 e. The summed E-state index contributed by atoms with van der Waals surface area (Å²) in [6.07, 6.45) is 0.852. The minimum atomic E-state index is -0.371. The number of aromatic nitrogens is 4. The van der Waals surface area contributed by atoms with Crippen LogP contribution in [0.2, 0.25) is 5.02 Å². The van der Waals surface area contributed by atoms with E-state index in [9.17, 15) is 9.59 Å². The standard InChI is InChI=1S/C24H24ClN5O2/c1-15-5-8-17(9-6-15)14-30-22(31)20-21(27(3)24(30)32)26-23-28(11-4-12-29(20)23)19-13-18(25)10-7-16(19)2/h5-10,13H,4,11-12,14H2,1-3H3. The third-order valence-electron chi connectivity index (χ3n) is 6.14. The predicted molar refractivity (Wildman–Crippen MR) is 127 cm³/mol. The molecule has 2 aromatic heterocycles. The fourth-order valence-corrected chi connectivity index (χ4v) is 4.55. The summed E-state index contributed by atoms with van der Waals surface area (Å²) in [6.45, 7) is 5.68. The molecule has 0 atom stereocenters. The average Bonchev–Trinajstić information content (AvgIpc) is 3.18. The van der Waals surface area contributed by atoms with Crippen LogP contribution < -0.4 is 16.1 Å². The molecule has 5 rings (SSSR count). The molecule has 0 amide bonds. The van der Waals surface area contributed by atoms with Crippen LogP contribution in [0.15, 0.2) is 52.1 Å². The number of fused-ring (bicyclic) bond motifs is 3. The molecule has 0 bridgehead atoms. The molecule has 1 aliphatic rings. The van der Waals surface area contributed by atoms with Crippen LogP contribution in [-0.2, 0) is 20.1 Å². The topological polar surface area (TPSA) is 65.1 Å². The summed E-state index contributed by atoms with van der Waals surface area (Å²) in [5.74, 6) is 0.664. The first-order valence-corrected chi connectivity index (χ1v) is 11.0. The minimum absolute atomic E-state index is 0.222. The van der Waals surface area contributed by atoms with E-state index >= 15 is 0 Å². The number of imidazole rings is 1. The van der Waals surface area contributed by atoms with Gasteiger partial charge in [0.15, 0.2) is 11.2 Å². The van der Waals surface area contributed by atoms with E-state index in [-0.39, 0.29) is 17.8 Å². The Hall–Kier alpha value is -3.32. The summed E-state index contributed by atoms with van der Waals surface area (Å²) in [4.78, 5) is 33.4. The fourth-order valence-electron chi connectivity index (χ4n) is 4.38. The molecule has 0 spiro atoms. The minimum Gasteiger partial charge on any atom is -0.312 e. The maximum atomic E-state index is 13.5. The van der Waals surface area contributed by atoms with Gasteiger partial charge in [0.1, 0.15) is 0 Å². The van der Waals surface area contributed by atoms with Crippen molar-refractivity contribution in [2.45, 2.75) is 33.4 Å². The summed E-state index contributed by atoms with van der Waals surface area (Å²) in [5.41, 5.74) is 4.24. The molecule has 0 aliphatic carbocycles. The van der Waals surface area contributed by atoms with Crippen molar-refractivity contribution in [2.75, 3.05) is 11.4 Å². The zero-order chi connectivity index (χ0) is 22.6. The van der Waals surface area contributed by atoms with E-state index in [1.165, 1.54) is 9.13 Å². The maximum Gasteiger partial charge on any atom is 0.332 e. The molecule has 164 valence electrons. The molecule has 0 unspecified atom stereocenters. The lowest BCUT2D eigenvalue weighted by molar-refractivity contribution is 0.597. The van der Waals surface area contributed by atoms with Gasteiger partial charge in [-0.15, -0.1) is 0 Å². The van der Waals surface area contributed by atoms with Crippen molar-refractivity contribution in [3.63, 3.8) is 0 Å². The monoisotopic (exact) mass is 449 g/mol. The van der Waals surface area contributed by atoms with E-state index in [0.717, 1.165) is 35.3 Å². The third-order valence-corrected chi connectivity index (χ3v) is 6.38. The Labute approximate surface area is 190 Å². The molecule has 0 radical (unpaired) electrons. The highest BCUT2D eigenvalue weighted by molar-refractivity contribution is 6.30. The van der Waals surface area contributed by atoms with E-state index in [0.29, 0.717) is 28.7 Å². The van der Waals surface area contributed by atoms with E-state index < -0.39 is 0 Å². The second-order valence-corrected chi connectivity index (χ2v) is 8.83. The number of hydrogen-bond donors (Lipinski definition) is 0. The molecule has 0 N–H and O–H groups in total. The number of hydrogen-bond acceptors (Lipinski definition) is 4. The van der Waals surface area contributed by atoms with Gasteiger partial charge < -0.3 is 9.47 Å². The number of halogens is 1. The predicted octanol–water partition coefficient (Wildman–Crippen LogP) is 3.76. The largest absolute Gasteiger partial charge is 0.332 e. The van der Waals surface area contributed by atoms with Crippen LogP contribution in [0.4, 0.5) is 11.6 Å². The Morgan fingerprint density at radius 3 is 2.53 bits per heavy atom. The Balaban J connectivity index is 1.71. The zero-order valence-corrected chi connectivity index (χ0v) is 19.1. The number of nitrogens with zero attached hydrogens (tertiary/aromatic N) is 5. The second kappa shape index (κ2) is 7.67. The van der Waals surface area contributed by atoms with Crippen LogP contribution in [0.5, 0.6) is 0 Å². The molecule has 0 saturated carbocycles. The molecule has 2 aromatic carbocycles. The van der Waals surface area contributed by atoms with Gasteiger partial charge in [0.25, 0.3) is 5.56 Å². The molecular weight excluding hydrogens is 426 g/mol. The maximum absolute atomic E-state index is 13.5. The SMILES string of the molecule is Cc1ccc(Cn2c(=O)c3c(nc4n3CCCN4c3cc(Cl)ccc3C)n(C)c2=O)cc1. The summed E-state index contributed by atoms with van der Waals surface area (Å²) < 4.78 is 4.71. The lowest BCUT2D eigenvalue weighted by atomic mass is 10.1. The lowest BCUT2D eigenvalue weighted by Gasteiger charge is -2.30. The first-order chi connectivity index (χ1) is 15.3. The van der Waals surface area contributed by atoms with Crippen LogP contribution in [-0.4, -0.2) is 25.2 Å². The third kappa shape index (κ3) is 3.24. The number of anilines is 2. The van der Waals surface area contributed by atoms with Gasteiger partial charge in [-0.1, -0.05) is 47.5 Å². The van der Waals surface area contributed by atoms with Crippen molar-refractivity contribution < 1.29 is 0 Å². The first kappa shape index (κ1) is 20.6. The van der Waals surface area contributed by atoms with Crippen molar-refractivity contribution in [1.82, 2.24) is 18.7 Å². The summed E-state index contributed by atoms with van der Waals surface area (Å²) in [7, 11) is 1.67. The van der Waals surface area contributed by atoms with Gasteiger partial charge in [0.05, 0.1) is 6.54 Å². The van der Waals surface area contributed by atoms with Gasteiger partial charge in [-0.3, -0.25) is 13.9 Å². The zero-order valence-electron chi connectivity index (χ0n) is 18.3. The molecule has 3 heterocycles. The summed E-state index contributed by atoms with van der Waals surface area (Å²) in [5, 5.41) is 0.645. The Bertz CT molecular complexity index is 1460. The summed E-state index contributed by atoms with van der Waals surface area (Å²) in [6, 6.07) is 13.6. The van der Waals surface area contributed by atoms with Crippen LogP contribution in [0.3, 0.4) is 0 Å². The van der Waals surface area contributed by atoms with Crippen molar-refractivity contribution in [2.24, 2.45) is 7.05 Å². The number of aryl methyl sites for hydroxylation is 4. The molecule has 8 heteroatoms. The Morgan fingerprint density at radius 1 is 1.03 bits per heavy atom. The highest BCUT2D eigenvalue weighted by atomic mass is 35.5.